The maximum absolute atomic E-state index is 11.5. The summed E-state index contributed by atoms with van der Waals surface area (Å²) < 4.78 is 0.954. The molecule has 1 heterocycles. The molecule has 0 unspecified atom stereocenters. The van der Waals surface area contributed by atoms with E-state index in [1.54, 1.807) is 6.20 Å². The lowest BCUT2D eigenvalue weighted by Crippen LogP contribution is -2.45. The van der Waals surface area contributed by atoms with Crippen molar-refractivity contribution >= 4 is 38.6 Å². The number of aromatic nitrogens is 1. The molecule has 1 amide bonds. The van der Waals surface area contributed by atoms with Crippen molar-refractivity contribution in [1.82, 2.24) is 4.98 Å². The van der Waals surface area contributed by atoms with Gasteiger partial charge in [0.25, 0.3) is 0 Å². The van der Waals surface area contributed by atoms with Crippen LogP contribution < -0.4 is 4.90 Å². The highest BCUT2D eigenvalue weighted by Gasteiger charge is 2.30. The average Bonchev–Trinajstić information content (AvgIpc) is 2.26. The normalized spacial score (nSPS) is 11.6. The van der Waals surface area contributed by atoms with Crippen LogP contribution in [0, 0.1) is 0 Å². The molecule has 19 heavy (non-hydrogen) atoms. The van der Waals surface area contributed by atoms with Gasteiger partial charge in [0, 0.05) is 21.6 Å². The number of benzene rings is 1. The molecule has 1 aromatic carbocycles. The SMILES string of the molecule is CC(C)(C)N(C(=O)O)c1nccc2cc(Br)ccc12. The van der Waals surface area contributed by atoms with Crippen LogP contribution in [0.4, 0.5) is 10.6 Å². The fraction of sp³-hybridized carbons (Fsp3) is 0.286. The molecule has 4 nitrogen and oxygen atoms in total. The summed E-state index contributed by atoms with van der Waals surface area (Å²) in [7, 11) is 0. The van der Waals surface area contributed by atoms with Crippen LogP contribution in [0.1, 0.15) is 20.8 Å². The van der Waals surface area contributed by atoms with Gasteiger partial charge in [-0.1, -0.05) is 15.9 Å². The van der Waals surface area contributed by atoms with Crippen LogP contribution in [0.5, 0.6) is 0 Å². The molecule has 0 aliphatic carbocycles. The van der Waals surface area contributed by atoms with E-state index < -0.39 is 11.6 Å². The number of halogens is 1. The van der Waals surface area contributed by atoms with Gasteiger partial charge in [-0.15, -0.1) is 0 Å². The van der Waals surface area contributed by atoms with Crippen molar-refractivity contribution in [2.75, 3.05) is 4.90 Å². The van der Waals surface area contributed by atoms with E-state index in [1.807, 2.05) is 45.0 Å². The van der Waals surface area contributed by atoms with E-state index >= 15 is 0 Å². The molecule has 2 aromatic rings. The quantitative estimate of drug-likeness (QED) is 0.852. The van der Waals surface area contributed by atoms with Gasteiger partial charge in [-0.25, -0.2) is 9.78 Å². The van der Waals surface area contributed by atoms with Crippen LogP contribution in [0.25, 0.3) is 10.8 Å². The second-order valence-electron chi connectivity index (χ2n) is 5.29. The summed E-state index contributed by atoms with van der Waals surface area (Å²) in [5.74, 6) is 0.463. The van der Waals surface area contributed by atoms with E-state index in [1.165, 1.54) is 4.90 Å². The second-order valence-corrected chi connectivity index (χ2v) is 6.20. The summed E-state index contributed by atoms with van der Waals surface area (Å²) >= 11 is 3.41. The largest absolute Gasteiger partial charge is 0.465 e. The molecule has 0 saturated carbocycles. The fourth-order valence-electron chi connectivity index (χ4n) is 2.01. The minimum absolute atomic E-state index is 0.463. The Kier molecular flexibility index (Phi) is 3.49. The molecule has 100 valence electrons. The Morgan fingerprint density at radius 3 is 2.58 bits per heavy atom. The first-order chi connectivity index (χ1) is 8.80. The molecule has 2 rings (SSSR count). The van der Waals surface area contributed by atoms with Crippen molar-refractivity contribution in [3.8, 4) is 0 Å². The Morgan fingerprint density at radius 1 is 1.32 bits per heavy atom. The topological polar surface area (TPSA) is 53.4 Å². The molecule has 1 aromatic heterocycles. The van der Waals surface area contributed by atoms with Gasteiger partial charge in [0.1, 0.15) is 5.82 Å². The predicted molar refractivity (Wildman–Crippen MR) is 79.7 cm³/mol. The van der Waals surface area contributed by atoms with Crippen LogP contribution in [-0.4, -0.2) is 21.7 Å². The van der Waals surface area contributed by atoms with Gasteiger partial charge in [0.15, 0.2) is 0 Å². The van der Waals surface area contributed by atoms with E-state index in [4.69, 9.17) is 0 Å². The zero-order valence-electron chi connectivity index (χ0n) is 11.0. The van der Waals surface area contributed by atoms with Crippen LogP contribution in [0.3, 0.4) is 0 Å². The molecule has 0 spiro atoms. The number of amides is 1. The van der Waals surface area contributed by atoms with Crippen LogP contribution in [0.15, 0.2) is 34.9 Å². The van der Waals surface area contributed by atoms with Crippen LogP contribution in [-0.2, 0) is 0 Å². The summed E-state index contributed by atoms with van der Waals surface area (Å²) in [6.45, 7) is 5.54. The van der Waals surface area contributed by atoms with Crippen molar-refractivity contribution in [3.05, 3.63) is 34.9 Å². The molecule has 0 radical (unpaired) electrons. The van der Waals surface area contributed by atoms with Crippen LogP contribution in [0.2, 0.25) is 0 Å². The highest BCUT2D eigenvalue weighted by molar-refractivity contribution is 9.10. The molecule has 0 aliphatic heterocycles. The number of nitrogens with zero attached hydrogens (tertiary/aromatic N) is 2. The molecular weight excluding hydrogens is 308 g/mol. The van der Waals surface area contributed by atoms with Gasteiger partial charge >= 0.3 is 6.09 Å². The maximum Gasteiger partial charge on any atom is 0.413 e. The second kappa shape index (κ2) is 4.81. The maximum atomic E-state index is 11.5. The van der Waals surface area contributed by atoms with Gasteiger partial charge in [-0.2, -0.15) is 0 Å². The first kappa shape index (κ1) is 13.8. The highest BCUT2D eigenvalue weighted by atomic mass is 79.9. The summed E-state index contributed by atoms with van der Waals surface area (Å²) in [5, 5.41) is 11.2. The Hall–Kier alpha value is -1.62. The van der Waals surface area contributed by atoms with Gasteiger partial charge in [-0.05, 0) is 50.4 Å². The third-order valence-corrected chi connectivity index (χ3v) is 3.27. The number of hydrogen-bond acceptors (Lipinski definition) is 2. The fourth-order valence-corrected chi connectivity index (χ4v) is 2.39. The van der Waals surface area contributed by atoms with Crippen molar-refractivity contribution < 1.29 is 9.90 Å². The lowest BCUT2D eigenvalue weighted by molar-refractivity contribution is 0.195. The third-order valence-electron chi connectivity index (χ3n) is 2.78. The van der Waals surface area contributed by atoms with E-state index in [0.29, 0.717) is 5.82 Å². The zero-order chi connectivity index (χ0) is 14.2. The van der Waals surface area contributed by atoms with Crippen molar-refractivity contribution in [3.63, 3.8) is 0 Å². The van der Waals surface area contributed by atoms with Crippen molar-refractivity contribution in [2.24, 2.45) is 0 Å². The Morgan fingerprint density at radius 2 is 2.00 bits per heavy atom. The molecule has 0 aliphatic rings. The molecule has 5 heteroatoms. The number of rotatable bonds is 1. The molecular formula is C14H15BrN2O2. The first-order valence-corrected chi connectivity index (χ1v) is 6.67. The van der Waals surface area contributed by atoms with E-state index in [-0.39, 0.29) is 0 Å². The number of anilines is 1. The number of fused-ring (bicyclic) bond motifs is 1. The van der Waals surface area contributed by atoms with E-state index in [9.17, 15) is 9.90 Å². The van der Waals surface area contributed by atoms with Gasteiger partial charge in [0.2, 0.25) is 0 Å². The van der Waals surface area contributed by atoms with Crippen molar-refractivity contribution in [2.45, 2.75) is 26.3 Å². The molecule has 1 N–H and O–H groups in total. The van der Waals surface area contributed by atoms with E-state index in [2.05, 4.69) is 20.9 Å². The standard InChI is InChI=1S/C14H15BrN2O2/c1-14(2,3)17(13(18)19)12-11-5-4-10(15)8-9(11)6-7-16-12/h4-8H,1-3H3,(H,18,19). The van der Waals surface area contributed by atoms with Crippen molar-refractivity contribution in [1.29, 1.82) is 0 Å². The average molecular weight is 323 g/mol. The number of hydrogen-bond donors (Lipinski definition) is 1. The van der Waals surface area contributed by atoms with Gasteiger partial charge in [-0.3, -0.25) is 4.90 Å². The summed E-state index contributed by atoms with van der Waals surface area (Å²) in [5.41, 5.74) is -0.555. The van der Waals surface area contributed by atoms with Gasteiger partial charge < -0.3 is 5.11 Å². The first-order valence-electron chi connectivity index (χ1n) is 5.88. The number of carbonyl (C=O) groups is 1. The van der Waals surface area contributed by atoms with E-state index in [0.717, 1.165) is 15.2 Å². The minimum atomic E-state index is -1.00. The smallest absolute Gasteiger partial charge is 0.413 e. The highest BCUT2D eigenvalue weighted by Crippen LogP contribution is 2.30. The minimum Gasteiger partial charge on any atom is -0.465 e. The Balaban J connectivity index is 2.70. The lowest BCUT2D eigenvalue weighted by atomic mass is 10.0. The molecule has 0 fully saturated rings. The van der Waals surface area contributed by atoms with Crippen LogP contribution >= 0.6 is 15.9 Å². The lowest BCUT2D eigenvalue weighted by Gasteiger charge is -2.32. The number of carboxylic acid groups (broad SMARTS) is 1. The summed E-state index contributed by atoms with van der Waals surface area (Å²) in [6, 6.07) is 7.58. The molecule has 0 saturated heterocycles. The Bertz CT molecular complexity index is 635. The molecule has 0 bridgehead atoms. The monoisotopic (exact) mass is 322 g/mol. The third kappa shape index (κ3) is 2.71. The summed E-state index contributed by atoms with van der Waals surface area (Å²) in [4.78, 5) is 17.1. The summed E-state index contributed by atoms with van der Waals surface area (Å²) in [6.07, 6.45) is 0.626. The zero-order valence-corrected chi connectivity index (χ0v) is 12.6. The Labute approximate surface area is 120 Å². The predicted octanol–water partition coefficient (Wildman–Crippen LogP) is 4.28. The number of pyridine rings is 1. The van der Waals surface area contributed by atoms with Gasteiger partial charge in [0.05, 0.1) is 0 Å². The molecule has 0 atom stereocenters.